The van der Waals surface area contributed by atoms with Gasteiger partial charge in [0.2, 0.25) is 5.91 Å². The molecule has 0 heterocycles. The Morgan fingerprint density at radius 3 is 2.43 bits per heavy atom. The molecule has 2 aromatic carbocycles. The first-order valence-corrected chi connectivity index (χ1v) is 6.56. The maximum absolute atomic E-state index is 11.9. The molecule has 0 saturated carbocycles. The van der Waals surface area contributed by atoms with Gasteiger partial charge in [0.15, 0.2) is 0 Å². The molecule has 0 spiro atoms. The number of anilines is 2. The van der Waals surface area contributed by atoms with Crippen molar-refractivity contribution in [2.45, 2.75) is 0 Å². The summed E-state index contributed by atoms with van der Waals surface area (Å²) in [6.45, 7) is 0.0234. The minimum Gasteiger partial charge on any atom is -0.478 e. The highest BCUT2D eigenvalue weighted by Gasteiger charge is 2.15. The van der Waals surface area contributed by atoms with Gasteiger partial charge in [0, 0.05) is 5.69 Å². The highest BCUT2D eigenvalue weighted by atomic mass is 35.5. The van der Waals surface area contributed by atoms with E-state index in [4.69, 9.17) is 16.7 Å². The number of carbonyl (C=O) groups excluding carboxylic acids is 1. The molecule has 1 amide bonds. The normalized spacial score (nSPS) is 9.95. The molecule has 2 rings (SSSR count). The predicted octanol–water partition coefficient (Wildman–Crippen LogP) is 3.09. The molecule has 2 aromatic rings. The van der Waals surface area contributed by atoms with E-state index in [1.807, 2.05) is 30.3 Å². The van der Waals surface area contributed by atoms with Crippen molar-refractivity contribution in [3.05, 3.63) is 59.1 Å². The quantitative estimate of drug-likeness (QED) is 0.793. The second kappa shape index (κ2) is 6.76. The Balaban J connectivity index is 2.03. The van der Waals surface area contributed by atoms with Crippen molar-refractivity contribution in [2.24, 2.45) is 0 Å². The molecule has 0 saturated heterocycles. The highest BCUT2D eigenvalue weighted by Crippen LogP contribution is 2.24. The van der Waals surface area contributed by atoms with Crippen LogP contribution < -0.4 is 10.6 Å². The average Bonchev–Trinajstić information content (AvgIpc) is 2.46. The van der Waals surface area contributed by atoms with Gasteiger partial charge in [-0.2, -0.15) is 0 Å². The van der Waals surface area contributed by atoms with Crippen LogP contribution in [0.4, 0.5) is 11.4 Å². The lowest BCUT2D eigenvalue weighted by atomic mass is 10.1. The maximum Gasteiger partial charge on any atom is 0.339 e. The topological polar surface area (TPSA) is 78.4 Å². The number of benzene rings is 2. The van der Waals surface area contributed by atoms with E-state index in [-0.39, 0.29) is 28.7 Å². The van der Waals surface area contributed by atoms with Gasteiger partial charge in [-0.1, -0.05) is 35.9 Å². The molecule has 108 valence electrons. The molecule has 5 nitrogen and oxygen atoms in total. The van der Waals surface area contributed by atoms with Crippen LogP contribution in [0.25, 0.3) is 0 Å². The Morgan fingerprint density at radius 1 is 1.05 bits per heavy atom. The SMILES string of the molecule is O=C(CNc1ccccc1)Nc1cccc(Cl)c1C(=O)O. The first kappa shape index (κ1) is 14.9. The number of carbonyl (C=O) groups is 2. The summed E-state index contributed by atoms with van der Waals surface area (Å²) in [5.74, 6) is -1.55. The highest BCUT2D eigenvalue weighted by molar-refractivity contribution is 6.34. The van der Waals surface area contributed by atoms with Gasteiger partial charge in [-0.3, -0.25) is 4.79 Å². The Kier molecular flexibility index (Phi) is 4.79. The van der Waals surface area contributed by atoms with E-state index in [1.54, 1.807) is 6.07 Å². The Hall–Kier alpha value is -2.53. The Labute approximate surface area is 126 Å². The molecule has 0 atom stereocenters. The first-order chi connectivity index (χ1) is 10.1. The van der Waals surface area contributed by atoms with E-state index >= 15 is 0 Å². The van der Waals surface area contributed by atoms with Gasteiger partial charge in [-0.05, 0) is 24.3 Å². The van der Waals surface area contributed by atoms with E-state index < -0.39 is 5.97 Å². The Morgan fingerprint density at radius 2 is 1.76 bits per heavy atom. The van der Waals surface area contributed by atoms with Crippen LogP contribution in [-0.2, 0) is 4.79 Å². The van der Waals surface area contributed by atoms with Crippen LogP contribution in [0, 0.1) is 0 Å². The van der Waals surface area contributed by atoms with E-state index in [9.17, 15) is 9.59 Å². The van der Waals surface area contributed by atoms with Crippen LogP contribution in [0.1, 0.15) is 10.4 Å². The predicted molar refractivity (Wildman–Crippen MR) is 82.0 cm³/mol. The van der Waals surface area contributed by atoms with Crippen LogP contribution in [0.2, 0.25) is 5.02 Å². The summed E-state index contributed by atoms with van der Waals surface area (Å²) in [4.78, 5) is 23.0. The molecule has 3 N–H and O–H groups in total. The Bertz CT molecular complexity index is 659. The fraction of sp³-hybridized carbons (Fsp3) is 0.0667. The molecule has 21 heavy (non-hydrogen) atoms. The van der Waals surface area contributed by atoms with Crippen molar-refractivity contribution in [3.8, 4) is 0 Å². The maximum atomic E-state index is 11.9. The lowest BCUT2D eigenvalue weighted by molar-refractivity contribution is -0.114. The lowest BCUT2D eigenvalue weighted by Crippen LogP contribution is -2.23. The van der Waals surface area contributed by atoms with Crippen molar-refractivity contribution in [3.63, 3.8) is 0 Å². The average molecular weight is 305 g/mol. The van der Waals surface area contributed by atoms with Crippen molar-refractivity contribution < 1.29 is 14.7 Å². The first-order valence-electron chi connectivity index (χ1n) is 6.18. The van der Waals surface area contributed by atoms with E-state index in [0.717, 1.165) is 5.69 Å². The van der Waals surface area contributed by atoms with Crippen molar-refractivity contribution in [1.29, 1.82) is 0 Å². The van der Waals surface area contributed by atoms with Crippen LogP contribution in [0.15, 0.2) is 48.5 Å². The smallest absolute Gasteiger partial charge is 0.339 e. The number of aromatic carboxylic acids is 1. The molecular formula is C15H13ClN2O3. The second-order valence-corrected chi connectivity index (χ2v) is 4.64. The zero-order chi connectivity index (χ0) is 15.2. The minimum absolute atomic E-state index is 0.0234. The zero-order valence-corrected chi connectivity index (χ0v) is 11.7. The summed E-state index contributed by atoms with van der Waals surface area (Å²) in [6, 6.07) is 13.8. The van der Waals surface area contributed by atoms with E-state index in [2.05, 4.69) is 10.6 Å². The van der Waals surface area contributed by atoms with Crippen LogP contribution in [0.3, 0.4) is 0 Å². The van der Waals surface area contributed by atoms with Gasteiger partial charge in [-0.15, -0.1) is 0 Å². The third-order valence-corrected chi connectivity index (χ3v) is 3.04. The molecule has 0 aliphatic heterocycles. The second-order valence-electron chi connectivity index (χ2n) is 4.24. The third-order valence-electron chi connectivity index (χ3n) is 2.73. The number of carboxylic acids is 1. The van der Waals surface area contributed by atoms with Gasteiger partial charge in [0.05, 0.1) is 17.3 Å². The number of halogens is 1. The third kappa shape index (κ3) is 3.97. The summed E-state index contributed by atoms with van der Waals surface area (Å²) in [5.41, 5.74) is 0.860. The number of nitrogens with one attached hydrogen (secondary N) is 2. The molecule has 0 radical (unpaired) electrons. The summed E-state index contributed by atoms with van der Waals surface area (Å²) < 4.78 is 0. The zero-order valence-electron chi connectivity index (χ0n) is 11.0. The molecule has 0 aliphatic carbocycles. The molecular weight excluding hydrogens is 292 g/mol. The number of para-hydroxylation sites is 1. The van der Waals surface area contributed by atoms with Gasteiger partial charge in [0.25, 0.3) is 0 Å². The monoisotopic (exact) mass is 304 g/mol. The van der Waals surface area contributed by atoms with Gasteiger partial charge in [-0.25, -0.2) is 4.79 Å². The van der Waals surface area contributed by atoms with Crippen molar-refractivity contribution >= 4 is 34.9 Å². The number of rotatable bonds is 5. The largest absolute Gasteiger partial charge is 0.478 e. The molecule has 0 aliphatic rings. The molecule has 0 fully saturated rings. The standard InChI is InChI=1S/C15H13ClN2O3/c16-11-7-4-8-12(14(11)15(20)21)18-13(19)9-17-10-5-2-1-3-6-10/h1-8,17H,9H2,(H,18,19)(H,20,21). The van der Waals surface area contributed by atoms with Crippen LogP contribution in [-0.4, -0.2) is 23.5 Å². The number of carboxylic acid groups (broad SMARTS) is 1. The molecule has 6 heteroatoms. The number of hydrogen-bond acceptors (Lipinski definition) is 3. The van der Waals surface area contributed by atoms with Crippen molar-refractivity contribution in [2.75, 3.05) is 17.2 Å². The van der Waals surface area contributed by atoms with E-state index in [1.165, 1.54) is 12.1 Å². The van der Waals surface area contributed by atoms with E-state index in [0.29, 0.717) is 0 Å². The van der Waals surface area contributed by atoms with Crippen LogP contribution >= 0.6 is 11.6 Å². The van der Waals surface area contributed by atoms with Gasteiger partial charge >= 0.3 is 5.97 Å². The molecule has 0 unspecified atom stereocenters. The molecule has 0 bridgehead atoms. The fourth-order valence-electron chi connectivity index (χ4n) is 1.78. The lowest BCUT2D eigenvalue weighted by Gasteiger charge is -2.10. The number of hydrogen-bond donors (Lipinski definition) is 3. The molecule has 0 aromatic heterocycles. The van der Waals surface area contributed by atoms with Crippen molar-refractivity contribution in [1.82, 2.24) is 0 Å². The summed E-state index contributed by atoms with van der Waals surface area (Å²) in [7, 11) is 0. The fourth-order valence-corrected chi connectivity index (χ4v) is 2.03. The minimum atomic E-state index is -1.19. The summed E-state index contributed by atoms with van der Waals surface area (Å²) >= 11 is 5.83. The van der Waals surface area contributed by atoms with Crippen LogP contribution in [0.5, 0.6) is 0 Å². The van der Waals surface area contributed by atoms with Gasteiger partial charge in [0.1, 0.15) is 5.56 Å². The van der Waals surface area contributed by atoms with Gasteiger partial charge < -0.3 is 15.7 Å². The summed E-state index contributed by atoms with van der Waals surface area (Å²) in [6.07, 6.45) is 0. The summed E-state index contributed by atoms with van der Waals surface area (Å²) in [5, 5.41) is 14.7. The number of amides is 1.